The number of carbonyl (C=O) groups is 1. The molecule has 2 heterocycles. The van der Waals surface area contributed by atoms with E-state index in [1.807, 2.05) is 30.5 Å². The summed E-state index contributed by atoms with van der Waals surface area (Å²) < 4.78 is 16.0. The molecule has 0 radical (unpaired) electrons. The van der Waals surface area contributed by atoms with Crippen molar-refractivity contribution in [3.8, 4) is 17.2 Å². The maximum Gasteiger partial charge on any atom is 0.203 e. The van der Waals surface area contributed by atoms with Crippen molar-refractivity contribution in [2.45, 2.75) is 6.04 Å². The minimum absolute atomic E-state index is 0.0827. The van der Waals surface area contributed by atoms with E-state index >= 15 is 0 Å². The number of aromatic amines is 1. The van der Waals surface area contributed by atoms with Gasteiger partial charge in [0, 0.05) is 28.2 Å². The number of carbonyl (C=O) groups excluding carboxylic acids is 1. The van der Waals surface area contributed by atoms with Gasteiger partial charge in [0.2, 0.25) is 5.75 Å². The molecule has 0 fully saturated rings. The maximum absolute atomic E-state index is 13.0. The summed E-state index contributed by atoms with van der Waals surface area (Å²) >= 11 is 0. The summed E-state index contributed by atoms with van der Waals surface area (Å²) in [5.41, 5.74) is 2.49. The third-order valence-corrected chi connectivity index (χ3v) is 4.84. The number of ketones is 1. The molecule has 0 saturated heterocycles. The zero-order chi connectivity index (χ0) is 19.7. The number of methoxy groups -OCH3 is 3. The van der Waals surface area contributed by atoms with Gasteiger partial charge in [0.1, 0.15) is 11.9 Å². The molecule has 7 heteroatoms. The van der Waals surface area contributed by atoms with E-state index in [1.54, 1.807) is 12.1 Å². The first-order chi connectivity index (χ1) is 13.6. The molecule has 144 valence electrons. The monoisotopic (exact) mass is 379 g/mol. The first kappa shape index (κ1) is 17.9. The summed E-state index contributed by atoms with van der Waals surface area (Å²) in [7, 11) is 4.58. The van der Waals surface area contributed by atoms with Gasteiger partial charge in [0.05, 0.1) is 27.9 Å². The number of ether oxygens (including phenoxy) is 3. The fourth-order valence-electron chi connectivity index (χ4n) is 3.39. The number of fused-ring (bicyclic) bond motifs is 1. The third-order valence-electron chi connectivity index (χ3n) is 4.84. The molecule has 2 aromatic carbocycles. The van der Waals surface area contributed by atoms with Crippen LogP contribution >= 0.6 is 0 Å². The maximum atomic E-state index is 13.0. The molecule has 7 nitrogen and oxygen atoms in total. The van der Waals surface area contributed by atoms with Crippen LogP contribution in [0, 0.1) is 0 Å². The number of rotatable bonds is 6. The average molecular weight is 379 g/mol. The number of aromatic nitrogens is 1. The van der Waals surface area contributed by atoms with Crippen LogP contribution in [0.1, 0.15) is 15.9 Å². The van der Waals surface area contributed by atoms with Crippen molar-refractivity contribution < 1.29 is 19.0 Å². The van der Waals surface area contributed by atoms with Gasteiger partial charge < -0.3 is 24.5 Å². The highest BCUT2D eigenvalue weighted by molar-refractivity contribution is 6.09. The molecule has 1 aromatic heterocycles. The molecule has 28 heavy (non-hydrogen) atoms. The summed E-state index contributed by atoms with van der Waals surface area (Å²) in [5, 5.41) is 4.34. The van der Waals surface area contributed by atoms with Gasteiger partial charge in [-0.2, -0.15) is 0 Å². The highest BCUT2D eigenvalue weighted by atomic mass is 16.5. The Morgan fingerprint density at radius 1 is 1.04 bits per heavy atom. The lowest BCUT2D eigenvalue weighted by atomic mass is 10.0. The van der Waals surface area contributed by atoms with E-state index in [0.29, 0.717) is 35.2 Å². The van der Waals surface area contributed by atoms with E-state index in [2.05, 4.69) is 15.3 Å². The number of Topliss-reactive ketones (excluding diaryl/α,β-unsaturated/α-hetero) is 1. The Balaban J connectivity index is 1.57. The van der Waals surface area contributed by atoms with Crippen LogP contribution in [0.15, 0.2) is 47.6 Å². The third kappa shape index (κ3) is 3.05. The Kier molecular flexibility index (Phi) is 4.65. The second kappa shape index (κ2) is 7.26. The Morgan fingerprint density at radius 2 is 1.79 bits per heavy atom. The Hall–Kier alpha value is -3.48. The summed E-state index contributed by atoms with van der Waals surface area (Å²) in [6, 6.07) is 10.9. The van der Waals surface area contributed by atoms with Crippen molar-refractivity contribution >= 4 is 22.5 Å². The molecule has 1 unspecified atom stereocenters. The predicted octanol–water partition coefficient (Wildman–Crippen LogP) is 2.80. The highest BCUT2D eigenvalue weighted by Gasteiger charge is 2.28. The van der Waals surface area contributed by atoms with Crippen LogP contribution in [0.4, 0.5) is 0 Å². The van der Waals surface area contributed by atoms with Crippen LogP contribution in [0.3, 0.4) is 0 Å². The Labute approximate surface area is 162 Å². The van der Waals surface area contributed by atoms with Crippen molar-refractivity contribution in [1.29, 1.82) is 0 Å². The average Bonchev–Trinajstić information content (AvgIpc) is 3.40. The second-order valence-electron chi connectivity index (χ2n) is 6.44. The number of aliphatic imine (C=N–C) groups is 1. The van der Waals surface area contributed by atoms with Crippen LogP contribution in [0.5, 0.6) is 17.2 Å². The van der Waals surface area contributed by atoms with Crippen molar-refractivity contribution in [3.05, 3.63) is 53.7 Å². The molecule has 4 rings (SSSR count). The molecule has 1 aliphatic heterocycles. The molecule has 0 amide bonds. The zero-order valence-corrected chi connectivity index (χ0v) is 15.9. The number of hydrogen-bond donors (Lipinski definition) is 2. The molecule has 0 spiro atoms. The lowest BCUT2D eigenvalue weighted by Crippen LogP contribution is -2.37. The van der Waals surface area contributed by atoms with Gasteiger partial charge in [-0.1, -0.05) is 0 Å². The molecular formula is C21H21N3O4. The highest BCUT2D eigenvalue weighted by Crippen LogP contribution is 2.38. The van der Waals surface area contributed by atoms with E-state index in [9.17, 15) is 4.79 Å². The number of amidine groups is 1. The molecule has 1 atom stereocenters. The minimum atomic E-state index is -0.445. The van der Waals surface area contributed by atoms with Crippen LogP contribution < -0.4 is 19.5 Å². The normalized spacial score (nSPS) is 15.8. The van der Waals surface area contributed by atoms with Crippen LogP contribution in [-0.4, -0.2) is 50.5 Å². The minimum Gasteiger partial charge on any atom is -0.493 e. The number of hydrogen-bond acceptors (Lipinski definition) is 6. The molecular weight excluding hydrogens is 358 g/mol. The summed E-state index contributed by atoms with van der Waals surface area (Å²) in [5.74, 6) is 1.98. The molecule has 0 saturated carbocycles. The summed E-state index contributed by atoms with van der Waals surface area (Å²) in [4.78, 5) is 20.7. The lowest BCUT2D eigenvalue weighted by Gasteiger charge is -2.16. The van der Waals surface area contributed by atoms with Crippen molar-refractivity contribution in [1.82, 2.24) is 10.3 Å². The van der Waals surface area contributed by atoms with Gasteiger partial charge in [-0.05, 0) is 36.4 Å². The standard InChI is InChI=1S/C21H21N3O4/c1-26-17-9-14(10-18(27-2)20(17)28-3)19(25)16-11-23-21(24-16)13-4-5-15-12(8-13)6-7-22-15/h4-10,16,22H,11H2,1-3H3,(H,23,24). The van der Waals surface area contributed by atoms with E-state index < -0.39 is 6.04 Å². The number of nitrogens with one attached hydrogen (secondary N) is 2. The fourth-order valence-corrected chi connectivity index (χ4v) is 3.39. The summed E-state index contributed by atoms with van der Waals surface area (Å²) in [6.07, 6.45) is 1.90. The van der Waals surface area contributed by atoms with Crippen LogP contribution in [0.25, 0.3) is 10.9 Å². The molecule has 0 aliphatic carbocycles. The largest absolute Gasteiger partial charge is 0.493 e. The Morgan fingerprint density at radius 3 is 2.46 bits per heavy atom. The lowest BCUT2D eigenvalue weighted by molar-refractivity contribution is 0.0959. The van der Waals surface area contributed by atoms with Crippen LogP contribution in [0.2, 0.25) is 0 Å². The predicted molar refractivity (Wildman–Crippen MR) is 107 cm³/mol. The van der Waals surface area contributed by atoms with Crippen molar-refractivity contribution in [2.24, 2.45) is 4.99 Å². The van der Waals surface area contributed by atoms with Crippen molar-refractivity contribution in [2.75, 3.05) is 27.9 Å². The molecule has 1 aliphatic rings. The number of H-pyrrole nitrogens is 1. The van der Waals surface area contributed by atoms with E-state index in [4.69, 9.17) is 14.2 Å². The number of benzene rings is 2. The van der Waals surface area contributed by atoms with E-state index in [-0.39, 0.29) is 5.78 Å². The van der Waals surface area contributed by atoms with Gasteiger partial charge in [-0.25, -0.2) is 0 Å². The molecule has 2 N–H and O–H groups in total. The summed E-state index contributed by atoms with van der Waals surface area (Å²) in [6.45, 7) is 0.371. The van der Waals surface area contributed by atoms with E-state index in [0.717, 1.165) is 16.5 Å². The van der Waals surface area contributed by atoms with Gasteiger partial charge in [-0.3, -0.25) is 9.79 Å². The van der Waals surface area contributed by atoms with Crippen LogP contribution in [-0.2, 0) is 0 Å². The van der Waals surface area contributed by atoms with Gasteiger partial charge in [0.15, 0.2) is 17.3 Å². The first-order valence-corrected chi connectivity index (χ1v) is 8.87. The van der Waals surface area contributed by atoms with Crippen molar-refractivity contribution in [3.63, 3.8) is 0 Å². The fraction of sp³-hybridized carbons (Fsp3) is 0.238. The molecule has 3 aromatic rings. The zero-order valence-electron chi connectivity index (χ0n) is 15.9. The van der Waals surface area contributed by atoms with Gasteiger partial charge >= 0.3 is 0 Å². The van der Waals surface area contributed by atoms with E-state index in [1.165, 1.54) is 21.3 Å². The second-order valence-corrected chi connectivity index (χ2v) is 6.44. The topological polar surface area (TPSA) is 84.9 Å². The number of nitrogens with zero attached hydrogens (tertiary/aromatic N) is 1. The van der Waals surface area contributed by atoms with Gasteiger partial charge in [0.25, 0.3) is 0 Å². The quantitative estimate of drug-likeness (QED) is 0.644. The molecule has 0 bridgehead atoms. The Bertz CT molecular complexity index is 1050. The van der Waals surface area contributed by atoms with Gasteiger partial charge in [-0.15, -0.1) is 0 Å². The smallest absolute Gasteiger partial charge is 0.203 e. The first-order valence-electron chi connectivity index (χ1n) is 8.87. The SMILES string of the molecule is COc1cc(C(=O)C2CN=C(c3ccc4[nH]ccc4c3)N2)cc(OC)c1OC.